The lowest BCUT2D eigenvalue weighted by molar-refractivity contribution is 0.443. The average Bonchev–Trinajstić information content (AvgIpc) is 3.25. The van der Waals surface area contributed by atoms with E-state index < -0.39 is 0 Å². The summed E-state index contributed by atoms with van der Waals surface area (Å²) in [6.07, 6.45) is 13.7. The van der Waals surface area contributed by atoms with Crippen molar-refractivity contribution in [2.45, 2.75) is 50.9 Å². The molecule has 0 unspecified atom stereocenters. The van der Waals surface area contributed by atoms with Crippen LogP contribution in [0.4, 0.5) is 0 Å². The van der Waals surface area contributed by atoms with Crippen molar-refractivity contribution in [1.29, 1.82) is 0 Å². The number of hydrogen-bond acceptors (Lipinski definition) is 4. The molecule has 22 heavy (non-hydrogen) atoms. The molecule has 0 aromatic carbocycles. The van der Waals surface area contributed by atoms with Crippen LogP contribution in [0.2, 0.25) is 0 Å². The Labute approximate surface area is 129 Å². The van der Waals surface area contributed by atoms with Crippen LogP contribution in [0.25, 0.3) is 5.65 Å². The quantitative estimate of drug-likeness (QED) is 0.739. The van der Waals surface area contributed by atoms with E-state index in [1.54, 1.807) is 12.6 Å². The summed E-state index contributed by atoms with van der Waals surface area (Å²) in [4.78, 5) is 4.69. The van der Waals surface area contributed by atoms with Crippen LogP contribution in [0.5, 0.6) is 0 Å². The lowest BCUT2D eigenvalue weighted by atomic mass is 9.85. The molecule has 1 fully saturated rings. The minimum absolute atomic E-state index is 0.590. The van der Waals surface area contributed by atoms with Crippen LogP contribution in [-0.4, -0.2) is 19.6 Å². The highest BCUT2D eigenvalue weighted by Crippen LogP contribution is 2.34. The summed E-state index contributed by atoms with van der Waals surface area (Å²) in [7, 11) is 0. The van der Waals surface area contributed by atoms with Crippen LogP contribution in [0.15, 0.2) is 35.3 Å². The van der Waals surface area contributed by atoms with E-state index in [2.05, 4.69) is 10.2 Å². The maximum absolute atomic E-state index is 5.40. The number of aryl methyl sites for hydroxylation is 2. The molecule has 0 radical (unpaired) electrons. The summed E-state index contributed by atoms with van der Waals surface area (Å²) >= 11 is 0. The first kappa shape index (κ1) is 13.5. The Morgan fingerprint density at radius 2 is 2.09 bits per heavy atom. The standard InChI is InChI=1S/C17H20N4O/c1-2-5-13(6-3-1)15-11-18-16(21-12-19-20-17(15)21)9-8-14-7-4-10-22-14/h4,7,10-13H,1-3,5-6,8-9H2. The second-order valence-electron chi connectivity index (χ2n) is 6.07. The molecule has 1 aliphatic rings. The van der Waals surface area contributed by atoms with Gasteiger partial charge < -0.3 is 4.42 Å². The zero-order chi connectivity index (χ0) is 14.8. The highest BCUT2D eigenvalue weighted by molar-refractivity contribution is 5.48. The van der Waals surface area contributed by atoms with E-state index in [4.69, 9.17) is 9.40 Å². The molecule has 5 heteroatoms. The van der Waals surface area contributed by atoms with E-state index in [-0.39, 0.29) is 0 Å². The Hall–Kier alpha value is -2.17. The van der Waals surface area contributed by atoms with Crippen molar-refractivity contribution in [2.75, 3.05) is 0 Å². The van der Waals surface area contributed by atoms with Crippen molar-refractivity contribution in [3.05, 3.63) is 48.1 Å². The van der Waals surface area contributed by atoms with Gasteiger partial charge in [0.25, 0.3) is 0 Å². The molecule has 1 aliphatic carbocycles. The average molecular weight is 296 g/mol. The van der Waals surface area contributed by atoms with Crippen LogP contribution in [-0.2, 0) is 12.8 Å². The Bertz CT molecular complexity index is 741. The molecule has 0 saturated heterocycles. The fourth-order valence-corrected chi connectivity index (χ4v) is 3.46. The number of aromatic nitrogens is 4. The SMILES string of the molecule is c1coc(CCc2ncc(C3CCCCC3)c3nncn23)c1. The summed E-state index contributed by atoms with van der Waals surface area (Å²) in [6, 6.07) is 3.92. The summed E-state index contributed by atoms with van der Waals surface area (Å²) in [6.45, 7) is 0. The van der Waals surface area contributed by atoms with Crippen LogP contribution in [0.3, 0.4) is 0 Å². The molecular formula is C17H20N4O. The second-order valence-corrected chi connectivity index (χ2v) is 6.07. The normalized spacial score (nSPS) is 16.4. The zero-order valence-corrected chi connectivity index (χ0v) is 12.6. The monoisotopic (exact) mass is 296 g/mol. The third-order valence-electron chi connectivity index (χ3n) is 4.66. The maximum atomic E-state index is 5.40. The zero-order valence-electron chi connectivity index (χ0n) is 12.6. The largest absolute Gasteiger partial charge is 0.469 e. The predicted molar refractivity (Wildman–Crippen MR) is 82.7 cm³/mol. The topological polar surface area (TPSA) is 56.2 Å². The molecule has 0 aliphatic heterocycles. The van der Waals surface area contributed by atoms with Crippen molar-refractivity contribution in [3.8, 4) is 0 Å². The molecule has 3 heterocycles. The number of rotatable bonds is 4. The van der Waals surface area contributed by atoms with E-state index >= 15 is 0 Å². The highest BCUT2D eigenvalue weighted by atomic mass is 16.3. The summed E-state index contributed by atoms with van der Waals surface area (Å²) in [5, 5.41) is 8.46. The van der Waals surface area contributed by atoms with Gasteiger partial charge in [-0.05, 0) is 30.9 Å². The molecule has 3 aromatic heterocycles. The van der Waals surface area contributed by atoms with Gasteiger partial charge in [0.1, 0.15) is 17.9 Å². The van der Waals surface area contributed by atoms with Gasteiger partial charge in [0.15, 0.2) is 5.65 Å². The van der Waals surface area contributed by atoms with Crippen LogP contribution < -0.4 is 0 Å². The van der Waals surface area contributed by atoms with Crippen molar-refractivity contribution in [1.82, 2.24) is 19.6 Å². The smallest absolute Gasteiger partial charge is 0.167 e. The van der Waals surface area contributed by atoms with Gasteiger partial charge in [-0.25, -0.2) is 4.98 Å². The van der Waals surface area contributed by atoms with Crippen molar-refractivity contribution >= 4 is 5.65 Å². The Balaban J connectivity index is 1.62. The van der Waals surface area contributed by atoms with Gasteiger partial charge in [-0.3, -0.25) is 4.40 Å². The van der Waals surface area contributed by atoms with Gasteiger partial charge in [-0.2, -0.15) is 0 Å². The van der Waals surface area contributed by atoms with E-state index in [0.29, 0.717) is 5.92 Å². The van der Waals surface area contributed by atoms with E-state index in [9.17, 15) is 0 Å². The van der Waals surface area contributed by atoms with Gasteiger partial charge in [-0.15, -0.1) is 10.2 Å². The summed E-state index contributed by atoms with van der Waals surface area (Å²) in [5.74, 6) is 2.57. The fraction of sp³-hybridized carbons (Fsp3) is 0.471. The molecule has 0 atom stereocenters. The van der Waals surface area contributed by atoms with Gasteiger partial charge in [0.2, 0.25) is 0 Å². The van der Waals surface area contributed by atoms with E-state index in [1.807, 2.05) is 22.7 Å². The van der Waals surface area contributed by atoms with E-state index in [1.165, 1.54) is 37.7 Å². The lowest BCUT2D eigenvalue weighted by Crippen LogP contribution is -2.10. The third-order valence-corrected chi connectivity index (χ3v) is 4.66. The highest BCUT2D eigenvalue weighted by Gasteiger charge is 2.20. The van der Waals surface area contributed by atoms with Crippen LogP contribution >= 0.6 is 0 Å². The molecular weight excluding hydrogens is 276 g/mol. The van der Waals surface area contributed by atoms with Crippen LogP contribution in [0, 0.1) is 0 Å². The molecule has 0 spiro atoms. The first-order valence-electron chi connectivity index (χ1n) is 8.12. The maximum Gasteiger partial charge on any atom is 0.167 e. The van der Waals surface area contributed by atoms with Gasteiger partial charge in [0, 0.05) is 24.6 Å². The molecule has 4 rings (SSSR count). The van der Waals surface area contributed by atoms with Crippen molar-refractivity contribution in [2.24, 2.45) is 0 Å². The molecule has 0 amide bonds. The van der Waals surface area contributed by atoms with Crippen molar-refractivity contribution < 1.29 is 4.42 Å². The van der Waals surface area contributed by atoms with E-state index in [0.717, 1.165) is 30.1 Å². The third kappa shape index (κ3) is 2.51. The van der Waals surface area contributed by atoms with Gasteiger partial charge in [0.05, 0.1) is 6.26 Å². The molecule has 1 saturated carbocycles. The van der Waals surface area contributed by atoms with Crippen LogP contribution in [0.1, 0.15) is 55.2 Å². The summed E-state index contributed by atoms with van der Waals surface area (Å²) < 4.78 is 7.45. The van der Waals surface area contributed by atoms with Crippen molar-refractivity contribution in [3.63, 3.8) is 0 Å². The minimum Gasteiger partial charge on any atom is -0.469 e. The minimum atomic E-state index is 0.590. The molecule has 0 bridgehead atoms. The number of fused-ring (bicyclic) bond motifs is 1. The Morgan fingerprint density at radius 3 is 2.91 bits per heavy atom. The first-order valence-corrected chi connectivity index (χ1v) is 8.12. The molecule has 5 nitrogen and oxygen atoms in total. The number of furan rings is 1. The van der Waals surface area contributed by atoms with Gasteiger partial charge >= 0.3 is 0 Å². The Kier molecular flexibility index (Phi) is 3.62. The predicted octanol–water partition coefficient (Wildman–Crippen LogP) is 3.55. The second kappa shape index (κ2) is 5.91. The first-order chi connectivity index (χ1) is 10.9. The van der Waals surface area contributed by atoms with Gasteiger partial charge in [-0.1, -0.05) is 19.3 Å². The summed E-state index contributed by atoms with van der Waals surface area (Å²) in [5.41, 5.74) is 2.25. The number of nitrogens with zero attached hydrogens (tertiary/aromatic N) is 4. The Morgan fingerprint density at radius 1 is 1.18 bits per heavy atom. The number of hydrogen-bond donors (Lipinski definition) is 0. The molecule has 0 N–H and O–H groups in total. The molecule has 3 aromatic rings. The molecule has 114 valence electrons. The fourth-order valence-electron chi connectivity index (χ4n) is 3.46. The lowest BCUT2D eigenvalue weighted by Gasteiger charge is -2.22.